The highest BCUT2D eigenvalue weighted by Gasteiger charge is 2.19. The standard InChI is InChI=1S/C14H20N2O/c17-14-5-4-12-2-1-3-13(12)16(14)10-11-6-8-15-9-7-11/h4-5,11,15H,1-3,6-10H2. The smallest absolute Gasteiger partial charge is 0.250 e. The van der Waals surface area contributed by atoms with E-state index in [2.05, 4.69) is 9.88 Å². The average Bonchev–Trinajstić information content (AvgIpc) is 2.83. The zero-order valence-corrected chi connectivity index (χ0v) is 10.2. The van der Waals surface area contributed by atoms with Crippen LogP contribution in [0.15, 0.2) is 16.9 Å². The summed E-state index contributed by atoms with van der Waals surface area (Å²) in [7, 11) is 0. The van der Waals surface area contributed by atoms with E-state index >= 15 is 0 Å². The molecule has 1 aromatic heterocycles. The van der Waals surface area contributed by atoms with Crippen LogP contribution in [0, 0.1) is 5.92 Å². The molecule has 17 heavy (non-hydrogen) atoms. The van der Waals surface area contributed by atoms with Crippen molar-refractivity contribution in [3.63, 3.8) is 0 Å². The van der Waals surface area contributed by atoms with Crippen LogP contribution < -0.4 is 10.9 Å². The van der Waals surface area contributed by atoms with Gasteiger partial charge in [0, 0.05) is 18.3 Å². The second-order valence-corrected chi connectivity index (χ2v) is 5.30. The van der Waals surface area contributed by atoms with Crippen molar-refractivity contribution in [3.05, 3.63) is 33.7 Å². The molecular formula is C14H20N2O. The van der Waals surface area contributed by atoms with E-state index in [1.807, 2.05) is 6.07 Å². The highest BCUT2D eigenvalue weighted by atomic mass is 16.1. The Kier molecular flexibility index (Phi) is 3.02. The van der Waals surface area contributed by atoms with Crippen LogP contribution in [-0.2, 0) is 19.4 Å². The third-order valence-electron chi connectivity index (χ3n) is 4.15. The zero-order chi connectivity index (χ0) is 11.7. The second kappa shape index (κ2) is 4.65. The van der Waals surface area contributed by atoms with Gasteiger partial charge < -0.3 is 9.88 Å². The third-order valence-corrected chi connectivity index (χ3v) is 4.15. The molecule has 0 atom stereocenters. The molecule has 1 aromatic rings. The molecule has 1 aliphatic carbocycles. The first-order valence-electron chi connectivity index (χ1n) is 6.77. The number of hydrogen-bond acceptors (Lipinski definition) is 2. The molecule has 3 nitrogen and oxygen atoms in total. The predicted octanol–water partition coefficient (Wildman–Crippen LogP) is 1.34. The molecule has 0 saturated carbocycles. The van der Waals surface area contributed by atoms with E-state index in [-0.39, 0.29) is 5.56 Å². The Morgan fingerprint density at radius 2 is 2.06 bits per heavy atom. The van der Waals surface area contributed by atoms with Gasteiger partial charge in [-0.3, -0.25) is 4.79 Å². The zero-order valence-electron chi connectivity index (χ0n) is 10.2. The Balaban J connectivity index is 1.86. The predicted molar refractivity (Wildman–Crippen MR) is 68.3 cm³/mol. The van der Waals surface area contributed by atoms with Gasteiger partial charge in [0.2, 0.25) is 0 Å². The third kappa shape index (κ3) is 2.16. The highest BCUT2D eigenvalue weighted by molar-refractivity contribution is 5.25. The van der Waals surface area contributed by atoms with Crippen molar-refractivity contribution in [1.82, 2.24) is 9.88 Å². The van der Waals surface area contributed by atoms with E-state index in [0.29, 0.717) is 5.92 Å². The lowest BCUT2D eigenvalue weighted by Gasteiger charge is -2.24. The summed E-state index contributed by atoms with van der Waals surface area (Å²) in [5.41, 5.74) is 2.92. The fourth-order valence-corrected chi connectivity index (χ4v) is 3.16. The van der Waals surface area contributed by atoms with Crippen molar-refractivity contribution in [2.75, 3.05) is 13.1 Å². The molecule has 1 N–H and O–H groups in total. The van der Waals surface area contributed by atoms with E-state index in [4.69, 9.17) is 0 Å². The molecule has 1 aliphatic heterocycles. The topological polar surface area (TPSA) is 34.0 Å². The van der Waals surface area contributed by atoms with Crippen LogP contribution in [0.5, 0.6) is 0 Å². The lowest BCUT2D eigenvalue weighted by molar-refractivity contribution is 0.326. The minimum absolute atomic E-state index is 0.198. The van der Waals surface area contributed by atoms with Crippen LogP contribution in [0.1, 0.15) is 30.5 Å². The first-order valence-corrected chi connectivity index (χ1v) is 6.77. The summed E-state index contributed by atoms with van der Waals surface area (Å²) in [6.07, 6.45) is 5.87. The Morgan fingerprint density at radius 1 is 1.24 bits per heavy atom. The molecule has 3 rings (SSSR count). The van der Waals surface area contributed by atoms with Crippen LogP contribution >= 0.6 is 0 Å². The molecule has 3 heteroatoms. The fourth-order valence-electron chi connectivity index (χ4n) is 3.16. The Labute approximate surface area is 102 Å². The van der Waals surface area contributed by atoms with Gasteiger partial charge in [-0.15, -0.1) is 0 Å². The summed E-state index contributed by atoms with van der Waals surface area (Å²) in [6, 6.07) is 3.79. The molecule has 1 fully saturated rings. The molecule has 0 unspecified atom stereocenters. The summed E-state index contributed by atoms with van der Waals surface area (Å²) in [6.45, 7) is 3.15. The number of hydrogen-bond donors (Lipinski definition) is 1. The van der Waals surface area contributed by atoms with E-state index in [9.17, 15) is 4.79 Å². The summed E-state index contributed by atoms with van der Waals surface area (Å²) in [5.74, 6) is 0.682. The van der Waals surface area contributed by atoms with Gasteiger partial charge in [-0.2, -0.15) is 0 Å². The molecular weight excluding hydrogens is 212 g/mol. The van der Waals surface area contributed by atoms with Gasteiger partial charge in [0.15, 0.2) is 0 Å². The maximum atomic E-state index is 12.0. The van der Waals surface area contributed by atoms with Crippen molar-refractivity contribution in [1.29, 1.82) is 0 Å². The van der Waals surface area contributed by atoms with E-state index in [0.717, 1.165) is 32.5 Å². The molecule has 2 heterocycles. The first-order chi connectivity index (χ1) is 8.34. The molecule has 0 spiro atoms. The van der Waals surface area contributed by atoms with Crippen LogP contribution in [0.2, 0.25) is 0 Å². The van der Waals surface area contributed by atoms with Gasteiger partial charge in [0.25, 0.3) is 5.56 Å². The summed E-state index contributed by atoms with van der Waals surface area (Å²) in [5, 5.41) is 3.38. The van der Waals surface area contributed by atoms with Gasteiger partial charge in [0.1, 0.15) is 0 Å². The number of aromatic nitrogens is 1. The van der Waals surface area contributed by atoms with Gasteiger partial charge in [0.05, 0.1) is 0 Å². The van der Waals surface area contributed by atoms with Crippen LogP contribution in [0.25, 0.3) is 0 Å². The maximum absolute atomic E-state index is 12.0. The number of nitrogens with zero attached hydrogens (tertiary/aromatic N) is 1. The minimum atomic E-state index is 0.198. The normalized spacial score (nSPS) is 20.5. The second-order valence-electron chi connectivity index (χ2n) is 5.30. The van der Waals surface area contributed by atoms with Gasteiger partial charge in [-0.25, -0.2) is 0 Å². The number of aryl methyl sites for hydroxylation is 1. The molecule has 0 bridgehead atoms. The number of piperidine rings is 1. The highest BCUT2D eigenvalue weighted by Crippen LogP contribution is 2.22. The number of nitrogens with one attached hydrogen (secondary N) is 1. The first kappa shape index (κ1) is 11.0. The maximum Gasteiger partial charge on any atom is 0.250 e. The summed E-state index contributed by atoms with van der Waals surface area (Å²) >= 11 is 0. The van der Waals surface area contributed by atoms with E-state index in [1.54, 1.807) is 6.07 Å². The van der Waals surface area contributed by atoms with Crippen LogP contribution in [-0.4, -0.2) is 17.7 Å². The Bertz CT molecular complexity index is 458. The molecule has 1 saturated heterocycles. The quantitative estimate of drug-likeness (QED) is 0.835. The molecule has 2 aliphatic rings. The van der Waals surface area contributed by atoms with E-state index < -0.39 is 0 Å². The van der Waals surface area contributed by atoms with Crippen molar-refractivity contribution in [2.45, 2.75) is 38.6 Å². The average molecular weight is 232 g/mol. The van der Waals surface area contributed by atoms with Crippen molar-refractivity contribution < 1.29 is 0 Å². The molecule has 0 radical (unpaired) electrons. The van der Waals surface area contributed by atoms with E-state index in [1.165, 1.54) is 30.5 Å². The fraction of sp³-hybridized carbons (Fsp3) is 0.643. The van der Waals surface area contributed by atoms with Crippen molar-refractivity contribution in [2.24, 2.45) is 5.92 Å². The largest absolute Gasteiger partial charge is 0.317 e. The lowest BCUT2D eigenvalue weighted by atomic mass is 9.98. The summed E-state index contributed by atoms with van der Waals surface area (Å²) < 4.78 is 2.05. The SMILES string of the molecule is O=c1ccc2c(n1CC1CCNCC1)CCC2. The number of fused-ring (bicyclic) bond motifs is 1. The number of rotatable bonds is 2. The lowest BCUT2D eigenvalue weighted by Crippen LogP contribution is -2.33. The Morgan fingerprint density at radius 3 is 2.88 bits per heavy atom. The van der Waals surface area contributed by atoms with Crippen LogP contribution in [0.3, 0.4) is 0 Å². The van der Waals surface area contributed by atoms with Gasteiger partial charge in [-0.05, 0) is 56.7 Å². The minimum Gasteiger partial charge on any atom is -0.317 e. The van der Waals surface area contributed by atoms with Gasteiger partial charge >= 0.3 is 0 Å². The van der Waals surface area contributed by atoms with Crippen molar-refractivity contribution >= 4 is 0 Å². The molecule has 92 valence electrons. The monoisotopic (exact) mass is 232 g/mol. The van der Waals surface area contributed by atoms with Crippen LogP contribution in [0.4, 0.5) is 0 Å². The van der Waals surface area contributed by atoms with Gasteiger partial charge in [-0.1, -0.05) is 6.07 Å². The molecule has 0 aromatic carbocycles. The summed E-state index contributed by atoms with van der Waals surface area (Å²) in [4.78, 5) is 12.0. The van der Waals surface area contributed by atoms with Crippen molar-refractivity contribution in [3.8, 4) is 0 Å². The molecule has 0 amide bonds. The number of pyridine rings is 1. The Hall–Kier alpha value is -1.09.